The number of aryl methyl sites for hydroxylation is 1. The largest absolute Gasteiger partial charge is 0.369 e. The average Bonchev–Trinajstić information content (AvgIpc) is 3.22. The van der Waals surface area contributed by atoms with Crippen molar-refractivity contribution in [1.29, 1.82) is 0 Å². The monoisotopic (exact) mass is 321 g/mol. The van der Waals surface area contributed by atoms with E-state index in [1.807, 2.05) is 29.8 Å². The minimum Gasteiger partial charge on any atom is -0.369 e. The van der Waals surface area contributed by atoms with Crippen molar-refractivity contribution in [2.45, 2.75) is 12.5 Å². The van der Waals surface area contributed by atoms with Gasteiger partial charge in [-0.25, -0.2) is 9.97 Å². The van der Waals surface area contributed by atoms with Crippen LogP contribution < -0.4 is 10.2 Å². The van der Waals surface area contributed by atoms with E-state index in [0.717, 1.165) is 30.7 Å². The van der Waals surface area contributed by atoms with Gasteiger partial charge in [-0.1, -0.05) is 18.2 Å². The molecule has 0 bridgehead atoms. The summed E-state index contributed by atoms with van der Waals surface area (Å²) in [6, 6.07) is 12.2. The zero-order valence-electron chi connectivity index (χ0n) is 13.5. The van der Waals surface area contributed by atoms with Crippen LogP contribution in [-0.2, 0) is 7.05 Å². The number of benzene rings is 1. The first kappa shape index (κ1) is 14.7. The molecule has 1 atom stereocenters. The Morgan fingerprint density at radius 2 is 2.08 bits per heavy atom. The van der Waals surface area contributed by atoms with Gasteiger partial charge in [0.25, 0.3) is 5.91 Å². The average molecular weight is 321 g/mol. The van der Waals surface area contributed by atoms with Gasteiger partial charge in [-0.2, -0.15) is 0 Å². The highest BCUT2D eigenvalue weighted by molar-refractivity contribution is 5.96. The van der Waals surface area contributed by atoms with Crippen LogP contribution in [0.25, 0.3) is 11.2 Å². The number of hydrogen-bond acceptors (Lipinski definition) is 4. The lowest BCUT2D eigenvalue weighted by molar-refractivity contribution is 0.0940. The Balaban J connectivity index is 1.44. The molecule has 3 heterocycles. The van der Waals surface area contributed by atoms with Gasteiger partial charge in [-0.15, -0.1) is 0 Å². The van der Waals surface area contributed by atoms with Crippen molar-refractivity contribution in [1.82, 2.24) is 19.9 Å². The highest BCUT2D eigenvalue weighted by Crippen LogP contribution is 2.20. The van der Waals surface area contributed by atoms with Crippen LogP contribution in [0.2, 0.25) is 0 Å². The summed E-state index contributed by atoms with van der Waals surface area (Å²) in [6.45, 7) is 1.78. The second kappa shape index (κ2) is 5.96. The molecule has 3 aromatic rings. The lowest BCUT2D eigenvalue weighted by Crippen LogP contribution is -2.37. The molecule has 2 aromatic heterocycles. The van der Waals surface area contributed by atoms with E-state index in [9.17, 15) is 4.79 Å². The number of carbonyl (C=O) groups is 1. The Hall–Kier alpha value is -2.89. The van der Waals surface area contributed by atoms with Crippen molar-refractivity contribution in [3.05, 3.63) is 54.5 Å². The van der Waals surface area contributed by atoms with E-state index in [1.165, 1.54) is 5.69 Å². The SMILES string of the molecule is Cn1cnc2cc(C(=O)NC3CCN(c4ccccc4)C3)cnc21. The molecule has 1 unspecified atom stereocenters. The predicted molar refractivity (Wildman–Crippen MR) is 93.0 cm³/mol. The fraction of sp³-hybridized carbons (Fsp3) is 0.278. The maximum Gasteiger partial charge on any atom is 0.253 e. The van der Waals surface area contributed by atoms with Crippen LogP contribution in [0.5, 0.6) is 0 Å². The van der Waals surface area contributed by atoms with Gasteiger partial charge in [0, 0.05) is 38.1 Å². The normalized spacial score (nSPS) is 17.4. The van der Waals surface area contributed by atoms with Crippen LogP contribution in [0, 0.1) is 0 Å². The van der Waals surface area contributed by atoms with Crippen LogP contribution in [0.4, 0.5) is 5.69 Å². The predicted octanol–water partition coefficient (Wildman–Crippen LogP) is 1.98. The smallest absolute Gasteiger partial charge is 0.253 e. The third kappa shape index (κ3) is 2.71. The summed E-state index contributed by atoms with van der Waals surface area (Å²) in [5, 5.41) is 3.11. The highest BCUT2D eigenvalue weighted by atomic mass is 16.1. The number of carbonyl (C=O) groups excluding carboxylic acids is 1. The van der Waals surface area contributed by atoms with E-state index in [1.54, 1.807) is 18.6 Å². The van der Waals surface area contributed by atoms with Gasteiger partial charge in [0.05, 0.1) is 11.9 Å². The van der Waals surface area contributed by atoms with Crippen LogP contribution in [0.15, 0.2) is 48.9 Å². The molecule has 1 aliphatic heterocycles. The fourth-order valence-corrected chi connectivity index (χ4v) is 3.16. The quantitative estimate of drug-likeness (QED) is 0.801. The molecule has 24 heavy (non-hydrogen) atoms. The number of imidazole rings is 1. The van der Waals surface area contributed by atoms with Gasteiger partial charge < -0.3 is 14.8 Å². The number of para-hydroxylation sites is 1. The lowest BCUT2D eigenvalue weighted by atomic mass is 10.2. The fourth-order valence-electron chi connectivity index (χ4n) is 3.16. The molecule has 1 aromatic carbocycles. The van der Waals surface area contributed by atoms with Crippen LogP contribution >= 0.6 is 0 Å². The van der Waals surface area contributed by atoms with Gasteiger partial charge in [-0.05, 0) is 24.6 Å². The Morgan fingerprint density at radius 1 is 1.25 bits per heavy atom. The minimum atomic E-state index is -0.0880. The first-order valence-electron chi connectivity index (χ1n) is 8.08. The van der Waals surface area contributed by atoms with Crippen LogP contribution in [-0.4, -0.2) is 39.6 Å². The number of rotatable bonds is 3. The topological polar surface area (TPSA) is 63.1 Å². The number of hydrogen-bond donors (Lipinski definition) is 1. The zero-order chi connectivity index (χ0) is 16.5. The number of fused-ring (bicyclic) bond motifs is 1. The van der Waals surface area contributed by atoms with Crippen LogP contribution in [0.1, 0.15) is 16.8 Å². The molecule has 1 fully saturated rings. The molecule has 1 aliphatic rings. The van der Waals surface area contributed by atoms with Gasteiger partial charge in [0.1, 0.15) is 5.52 Å². The molecular weight excluding hydrogens is 302 g/mol. The summed E-state index contributed by atoms with van der Waals surface area (Å²) in [4.78, 5) is 23.4. The highest BCUT2D eigenvalue weighted by Gasteiger charge is 2.24. The Morgan fingerprint density at radius 3 is 2.92 bits per heavy atom. The molecule has 1 N–H and O–H groups in total. The van der Waals surface area contributed by atoms with Crippen molar-refractivity contribution in [3.8, 4) is 0 Å². The molecule has 1 saturated heterocycles. The second-order valence-electron chi connectivity index (χ2n) is 6.16. The second-order valence-corrected chi connectivity index (χ2v) is 6.16. The standard InChI is InChI=1S/C18H19N5O/c1-22-12-20-16-9-13(10-19-17(16)22)18(24)21-14-7-8-23(11-14)15-5-3-2-4-6-15/h2-6,9-10,12,14H,7-8,11H2,1H3,(H,21,24). The molecule has 0 spiro atoms. The number of amides is 1. The molecule has 1 amide bonds. The van der Waals surface area contributed by atoms with Crippen molar-refractivity contribution < 1.29 is 4.79 Å². The number of anilines is 1. The van der Waals surface area contributed by atoms with Gasteiger partial charge >= 0.3 is 0 Å². The number of aromatic nitrogens is 3. The van der Waals surface area contributed by atoms with E-state index in [2.05, 4.69) is 32.3 Å². The maximum absolute atomic E-state index is 12.5. The van der Waals surface area contributed by atoms with Crippen molar-refractivity contribution in [2.75, 3.05) is 18.0 Å². The van der Waals surface area contributed by atoms with E-state index in [-0.39, 0.29) is 11.9 Å². The summed E-state index contributed by atoms with van der Waals surface area (Å²) in [7, 11) is 1.89. The molecule has 6 nitrogen and oxygen atoms in total. The first-order valence-corrected chi connectivity index (χ1v) is 8.08. The molecule has 4 rings (SSSR count). The van der Waals surface area contributed by atoms with E-state index in [0.29, 0.717) is 5.56 Å². The molecule has 6 heteroatoms. The summed E-state index contributed by atoms with van der Waals surface area (Å²) in [5.74, 6) is -0.0880. The summed E-state index contributed by atoms with van der Waals surface area (Å²) in [5.41, 5.74) is 3.27. The molecular formula is C18H19N5O. The Labute approximate surface area is 140 Å². The van der Waals surface area contributed by atoms with Gasteiger partial charge in [0.15, 0.2) is 5.65 Å². The summed E-state index contributed by atoms with van der Waals surface area (Å²) < 4.78 is 1.84. The maximum atomic E-state index is 12.5. The summed E-state index contributed by atoms with van der Waals surface area (Å²) >= 11 is 0. The minimum absolute atomic E-state index is 0.0880. The number of nitrogens with one attached hydrogen (secondary N) is 1. The van der Waals surface area contributed by atoms with Crippen molar-refractivity contribution in [3.63, 3.8) is 0 Å². The van der Waals surface area contributed by atoms with Crippen molar-refractivity contribution in [2.24, 2.45) is 7.05 Å². The lowest BCUT2D eigenvalue weighted by Gasteiger charge is -2.19. The molecule has 0 radical (unpaired) electrons. The summed E-state index contributed by atoms with van der Waals surface area (Å²) in [6.07, 6.45) is 4.26. The van der Waals surface area contributed by atoms with E-state index in [4.69, 9.17) is 0 Å². The first-order chi connectivity index (χ1) is 11.7. The third-order valence-electron chi connectivity index (χ3n) is 4.46. The zero-order valence-corrected chi connectivity index (χ0v) is 13.5. The Bertz CT molecular complexity index is 874. The molecule has 0 aliphatic carbocycles. The van der Waals surface area contributed by atoms with E-state index < -0.39 is 0 Å². The van der Waals surface area contributed by atoms with Gasteiger partial charge in [-0.3, -0.25) is 4.79 Å². The molecule has 122 valence electrons. The van der Waals surface area contributed by atoms with Crippen molar-refractivity contribution >= 4 is 22.8 Å². The Kier molecular flexibility index (Phi) is 3.65. The van der Waals surface area contributed by atoms with Gasteiger partial charge in [0.2, 0.25) is 0 Å². The number of pyridine rings is 1. The van der Waals surface area contributed by atoms with Crippen LogP contribution in [0.3, 0.4) is 0 Å². The third-order valence-corrected chi connectivity index (χ3v) is 4.46. The number of nitrogens with zero attached hydrogens (tertiary/aromatic N) is 4. The molecule has 0 saturated carbocycles. The van der Waals surface area contributed by atoms with E-state index >= 15 is 0 Å².